The third-order valence-corrected chi connectivity index (χ3v) is 3.31. The number of hydrogen-bond acceptors (Lipinski definition) is 3. The van der Waals surface area contributed by atoms with Crippen molar-refractivity contribution >= 4 is 0 Å². The smallest absolute Gasteiger partial charge is 0.122 e. The van der Waals surface area contributed by atoms with Gasteiger partial charge in [0.25, 0.3) is 0 Å². The van der Waals surface area contributed by atoms with Crippen LogP contribution in [0, 0.1) is 6.92 Å². The van der Waals surface area contributed by atoms with E-state index in [0.29, 0.717) is 6.61 Å². The summed E-state index contributed by atoms with van der Waals surface area (Å²) in [6.45, 7) is 4.71. The van der Waals surface area contributed by atoms with Gasteiger partial charge >= 0.3 is 0 Å². The lowest BCUT2D eigenvalue weighted by molar-refractivity contribution is 0.335. The highest BCUT2D eigenvalue weighted by Gasteiger charge is 2.38. The van der Waals surface area contributed by atoms with Crippen molar-refractivity contribution in [2.75, 3.05) is 13.7 Å². The number of hydrogen-bond donors (Lipinski definition) is 1. The third kappa shape index (κ3) is 2.72. The summed E-state index contributed by atoms with van der Waals surface area (Å²) < 4.78 is 11.0. The lowest BCUT2D eigenvalue weighted by Crippen LogP contribution is -2.24. The maximum Gasteiger partial charge on any atom is 0.122 e. The Morgan fingerprint density at radius 2 is 2.00 bits per heavy atom. The predicted octanol–water partition coefficient (Wildman–Crippen LogP) is 2.44. The Morgan fingerprint density at radius 1 is 1.29 bits per heavy atom. The molecule has 0 radical (unpaired) electrons. The first-order valence-electron chi connectivity index (χ1n) is 6.17. The van der Waals surface area contributed by atoms with Crippen molar-refractivity contribution in [3.63, 3.8) is 0 Å². The van der Waals surface area contributed by atoms with Gasteiger partial charge in [0.2, 0.25) is 0 Å². The minimum absolute atomic E-state index is 0.00791. The molecular formula is C14H21NO2. The molecule has 2 rings (SSSR count). The molecule has 1 aromatic rings. The normalized spacial score (nSPS) is 16.7. The van der Waals surface area contributed by atoms with Crippen LogP contribution in [0.25, 0.3) is 0 Å². The lowest BCUT2D eigenvalue weighted by atomic mass is 10.0. The Kier molecular flexibility index (Phi) is 3.29. The van der Waals surface area contributed by atoms with Crippen LogP contribution in [0.5, 0.6) is 11.5 Å². The molecule has 1 saturated carbocycles. The van der Waals surface area contributed by atoms with Crippen molar-refractivity contribution in [2.45, 2.75) is 38.6 Å². The van der Waals surface area contributed by atoms with Gasteiger partial charge in [-0.15, -0.1) is 0 Å². The van der Waals surface area contributed by atoms with Gasteiger partial charge in [0.05, 0.1) is 13.7 Å². The fraction of sp³-hybridized carbons (Fsp3) is 0.571. The zero-order valence-corrected chi connectivity index (χ0v) is 10.9. The molecule has 0 atom stereocenters. The van der Waals surface area contributed by atoms with Gasteiger partial charge < -0.3 is 15.2 Å². The number of aryl methyl sites for hydroxylation is 1. The minimum atomic E-state index is -0.00791. The SMILES string of the molecule is CCOc1cc(CC2(N)CC2)c(OC)cc1C. The zero-order chi connectivity index (χ0) is 12.5. The predicted molar refractivity (Wildman–Crippen MR) is 68.8 cm³/mol. The second-order valence-corrected chi connectivity index (χ2v) is 4.90. The van der Waals surface area contributed by atoms with Crippen molar-refractivity contribution in [1.29, 1.82) is 0 Å². The monoisotopic (exact) mass is 235 g/mol. The Morgan fingerprint density at radius 3 is 2.53 bits per heavy atom. The molecule has 17 heavy (non-hydrogen) atoms. The molecule has 94 valence electrons. The highest BCUT2D eigenvalue weighted by atomic mass is 16.5. The van der Waals surface area contributed by atoms with E-state index in [0.717, 1.165) is 41.9 Å². The van der Waals surface area contributed by atoms with Gasteiger partial charge in [-0.3, -0.25) is 0 Å². The average Bonchev–Trinajstić information content (AvgIpc) is 3.01. The van der Waals surface area contributed by atoms with Crippen LogP contribution in [0.4, 0.5) is 0 Å². The summed E-state index contributed by atoms with van der Waals surface area (Å²) in [6, 6.07) is 4.11. The number of benzene rings is 1. The number of methoxy groups -OCH3 is 1. The van der Waals surface area contributed by atoms with Crippen LogP contribution in [-0.4, -0.2) is 19.3 Å². The highest BCUT2D eigenvalue weighted by Crippen LogP contribution is 2.39. The first kappa shape index (κ1) is 12.2. The molecule has 1 aliphatic carbocycles. The van der Waals surface area contributed by atoms with Crippen molar-refractivity contribution in [3.05, 3.63) is 23.3 Å². The van der Waals surface area contributed by atoms with Crippen molar-refractivity contribution < 1.29 is 9.47 Å². The summed E-state index contributed by atoms with van der Waals surface area (Å²) in [4.78, 5) is 0. The fourth-order valence-electron chi connectivity index (χ4n) is 2.06. The van der Waals surface area contributed by atoms with E-state index in [1.807, 2.05) is 19.9 Å². The molecule has 1 aliphatic rings. The summed E-state index contributed by atoms with van der Waals surface area (Å²) in [7, 11) is 1.70. The molecule has 0 amide bonds. The molecule has 0 bridgehead atoms. The molecule has 1 aromatic carbocycles. The van der Waals surface area contributed by atoms with Gasteiger partial charge in [0.1, 0.15) is 11.5 Å². The standard InChI is InChI=1S/C14H21NO2/c1-4-17-12-8-11(9-14(15)5-6-14)13(16-3)7-10(12)2/h7-8H,4-6,9,15H2,1-3H3. The Hall–Kier alpha value is -1.22. The largest absolute Gasteiger partial charge is 0.496 e. The molecule has 3 nitrogen and oxygen atoms in total. The van der Waals surface area contributed by atoms with Crippen molar-refractivity contribution in [3.8, 4) is 11.5 Å². The van der Waals surface area contributed by atoms with Gasteiger partial charge in [0.15, 0.2) is 0 Å². The van der Waals surface area contributed by atoms with Crippen LogP contribution in [0.1, 0.15) is 30.9 Å². The van der Waals surface area contributed by atoms with E-state index in [2.05, 4.69) is 6.07 Å². The molecule has 1 fully saturated rings. The summed E-state index contributed by atoms with van der Waals surface area (Å²) >= 11 is 0. The molecular weight excluding hydrogens is 214 g/mol. The van der Waals surface area contributed by atoms with E-state index in [-0.39, 0.29) is 5.54 Å². The number of nitrogens with two attached hydrogens (primary N) is 1. The number of ether oxygens (including phenoxy) is 2. The molecule has 0 unspecified atom stereocenters. The van der Waals surface area contributed by atoms with Gasteiger partial charge in [-0.05, 0) is 56.4 Å². The summed E-state index contributed by atoms with van der Waals surface area (Å²) in [5.41, 5.74) is 8.42. The summed E-state index contributed by atoms with van der Waals surface area (Å²) in [5, 5.41) is 0. The average molecular weight is 235 g/mol. The molecule has 3 heteroatoms. The van der Waals surface area contributed by atoms with Crippen LogP contribution in [-0.2, 0) is 6.42 Å². The molecule has 0 aliphatic heterocycles. The third-order valence-electron chi connectivity index (χ3n) is 3.31. The van der Waals surface area contributed by atoms with Crippen LogP contribution >= 0.6 is 0 Å². The number of rotatable bonds is 5. The second-order valence-electron chi connectivity index (χ2n) is 4.90. The molecule has 2 N–H and O–H groups in total. The van der Waals surface area contributed by atoms with Crippen LogP contribution < -0.4 is 15.2 Å². The molecule has 0 heterocycles. The first-order valence-corrected chi connectivity index (χ1v) is 6.17. The lowest BCUT2D eigenvalue weighted by Gasteiger charge is -2.16. The molecule has 0 saturated heterocycles. The van der Waals surface area contributed by atoms with E-state index < -0.39 is 0 Å². The van der Waals surface area contributed by atoms with E-state index in [1.54, 1.807) is 7.11 Å². The van der Waals surface area contributed by atoms with E-state index >= 15 is 0 Å². The van der Waals surface area contributed by atoms with Crippen LogP contribution in [0.15, 0.2) is 12.1 Å². The highest BCUT2D eigenvalue weighted by molar-refractivity contribution is 5.47. The van der Waals surface area contributed by atoms with Gasteiger partial charge in [-0.2, -0.15) is 0 Å². The molecule has 0 spiro atoms. The van der Waals surface area contributed by atoms with Crippen LogP contribution in [0.3, 0.4) is 0 Å². The maximum atomic E-state index is 6.17. The Balaban J connectivity index is 2.30. The van der Waals surface area contributed by atoms with E-state index in [9.17, 15) is 0 Å². The quantitative estimate of drug-likeness (QED) is 0.852. The Labute approximate surface area is 103 Å². The van der Waals surface area contributed by atoms with Crippen molar-refractivity contribution in [2.24, 2.45) is 5.73 Å². The van der Waals surface area contributed by atoms with Gasteiger partial charge in [-0.1, -0.05) is 0 Å². The van der Waals surface area contributed by atoms with Gasteiger partial charge in [0, 0.05) is 5.54 Å². The molecule has 0 aromatic heterocycles. The minimum Gasteiger partial charge on any atom is -0.496 e. The van der Waals surface area contributed by atoms with Crippen LogP contribution in [0.2, 0.25) is 0 Å². The van der Waals surface area contributed by atoms with E-state index in [1.165, 1.54) is 0 Å². The first-order chi connectivity index (χ1) is 8.08. The zero-order valence-electron chi connectivity index (χ0n) is 10.9. The van der Waals surface area contributed by atoms with Crippen molar-refractivity contribution in [1.82, 2.24) is 0 Å². The topological polar surface area (TPSA) is 44.5 Å². The second kappa shape index (κ2) is 4.57. The summed E-state index contributed by atoms with van der Waals surface area (Å²) in [5.74, 6) is 1.86. The van der Waals surface area contributed by atoms with E-state index in [4.69, 9.17) is 15.2 Å². The fourth-order valence-corrected chi connectivity index (χ4v) is 2.06. The summed E-state index contributed by atoms with van der Waals surface area (Å²) in [6.07, 6.45) is 3.08. The Bertz CT molecular complexity index is 411. The maximum absolute atomic E-state index is 6.17. The van der Waals surface area contributed by atoms with Gasteiger partial charge in [-0.25, -0.2) is 0 Å².